The quantitative estimate of drug-likeness (QED) is 0.391. The van der Waals surface area contributed by atoms with Crippen LogP contribution < -0.4 is 6.15 Å². The van der Waals surface area contributed by atoms with Crippen molar-refractivity contribution in [3.63, 3.8) is 0 Å². The third-order valence-electron chi connectivity index (χ3n) is 0. The molecule has 0 amide bonds. The van der Waals surface area contributed by atoms with Crippen LogP contribution in [-0.4, -0.2) is 73.1 Å². The second-order valence-corrected chi connectivity index (χ2v) is 1.48. The van der Waals surface area contributed by atoms with Crippen LogP contribution in [0.2, 0.25) is 0 Å². The van der Waals surface area contributed by atoms with Gasteiger partial charge in [0.25, 0.3) is 0 Å². The number of hydrogen-bond donors (Lipinski definition) is 1. The van der Waals surface area contributed by atoms with E-state index in [1.165, 1.54) is 0 Å². The molecule has 3 N–H and O–H groups in total. The van der Waals surface area contributed by atoms with E-state index in [1.807, 2.05) is 27.7 Å². The fourth-order valence-corrected chi connectivity index (χ4v) is 0. The molecule has 0 unspecified atom stereocenters. The Morgan fingerprint density at radius 2 is 0.409 bits per heavy atom. The molecule has 0 aliphatic heterocycles. The van der Waals surface area contributed by atoms with Crippen LogP contribution in [0.3, 0.4) is 0 Å². The molecule has 0 atom stereocenters. The normalized spacial score (nSPS) is 8.73. The molecule has 0 aromatic rings. The summed E-state index contributed by atoms with van der Waals surface area (Å²) >= 11 is 0. The van der Waals surface area contributed by atoms with E-state index in [2.05, 4.69) is 0 Å². The summed E-state index contributed by atoms with van der Waals surface area (Å²) in [5.74, 6) is 0. The van der Waals surface area contributed by atoms with Crippen molar-refractivity contribution in [3.8, 4) is 0 Å². The SMILES string of the molecule is C.CC.CC.F[B-](F)(F)F.F[B-](F)(F)F.F[B-](F)(F)F.N.[KH]. The second kappa shape index (κ2) is 26.8. The molecular weight excluding hydrogens is 374 g/mol. The molecule has 0 saturated heterocycles. The van der Waals surface area contributed by atoms with Crippen LogP contribution >= 0.6 is 0 Å². The van der Waals surface area contributed by atoms with E-state index < -0.39 is 21.8 Å². The Hall–Kier alpha value is 0.951. The van der Waals surface area contributed by atoms with E-state index in [0.717, 1.165) is 0 Å². The zero-order chi connectivity index (χ0) is 17.5. The van der Waals surface area contributed by atoms with Gasteiger partial charge >= 0.3 is 73.1 Å². The maximum atomic E-state index is 9.75. The van der Waals surface area contributed by atoms with Gasteiger partial charge in [-0.25, -0.2) is 0 Å². The average molecular weight is 394 g/mol. The van der Waals surface area contributed by atoms with Crippen LogP contribution in [0.15, 0.2) is 0 Å². The molecule has 22 heavy (non-hydrogen) atoms. The standard InChI is InChI=1S/2C2H6.CH4.3BF4.K.H3N.H/c2*1-2;;3*2-1(3,4)5;;;/h2*1-2H3;1H4;;;;;1H3;/q;;;3*-1;;;. The van der Waals surface area contributed by atoms with Crippen molar-refractivity contribution in [1.82, 2.24) is 6.15 Å². The number of rotatable bonds is 0. The van der Waals surface area contributed by atoms with E-state index >= 15 is 0 Å². The molecule has 1 nitrogen and oxygen atoms in total. The zero-order valence-corrected chi connectivity index (χ0v) is 11.0. The Morgan fingerprint density at radius 1 is 0.409 bits per heavy atom. The fourth-order valence-electron chi connectivity index (χ4n) is 0. The van der Waals surface area contributed by atoms with Gasteiger partial charge in [0.1, 0.15) is 0 Å². The molecule has 17 heteroatoms. The topological polar surface area (TPSA) is 35.0 Å². The molecule has 0 rings (SSSR count). The Balaban J connectivity index is -0.0000000188. The summed E-state index contributed by atoms with van der Waals surface area (Å²) in [5.41, 5.74) is 0. The molecule has 0 radical (unpaired) electrons. The summed E-state index contributed by atoms with van der Waals surface area (Å²) < 4.78 is 117. The summed E-state index contributed by atoms with van der Waals surface area (Å²) in [4.78, 5) is 0. The minimum atomic E-state index is -6.00. The molecule has 0 aliphatic rings. The van der Waals surface area contributed by atoms with E-state index in [1.54, 1.807) is 0 Å². The minimum absolute atomic E-state index is 0. The predicted octanol–water partition coefficient (Wildman–Crippen LogP) is 6.10. The number of hydrogen-bond acceptors (Lipinski definition) is 1. The average Bonchev–Trinajstić information content (AvgIpc) is 2.01. The Kier molecular flexibility index (Phi) is 60.3. The zero-order valence-electron chi connectivity index (χ0n) is 11.0. The Bertz CT molecular complexity index is 114. The van der Waals surface area contributed by atoms with E-state index in [4.69, 9.17) is 0 Å². The van der Waals surface area contributed by atoms with Crippen LogP contribution in [0.4, 0.5) is 51.8 Å². The van der Waals surface area contributed by atoms with Crippen molar-refractivity contribution in [1.29, 1.82) is 0 Å². The first kappa shape index (κ1) is 49.5. The fraction of sp³-hybridized carbons (Fsp3) is 1.00. The molecule has 0 aromatic carbocycles. The van der Waals surface area contributed by atoms with Crippen molar-refractivity contribution in [3.05, 3.63) is 0 Å². The van der Waals surface area contributed by atoms with E-state index in [0.29, 0.717) is 0 Å². The molecule has 0 bridgehead atoms. The molecule has 0 aromatic heterocycles. The van der Waals surface area contributed by atoms with Gasteiger partial charge in [0.15, 0.2) is 0 Å². The van der Waals surface area contributed by atoms with Gasteiger partial charge in [0.2, 0.25) is 0 Å². The molecule has 0 fully saturated rings. The molecule has 0 aliphatic carbocycles. The summed E-state index contributed by atoms with van der Waals surface area (Å²) in [7, 11) is -18.0. The van der Waals surface area contributed by atoms with Crippen LogP contribution in [0, 0.1) is 0 Å². The van der Waals surface area contributed by atoms with Crippen LogP contribution in [-0.2, 0) is 0 Å². The van der Waals surface area contributed by atoms with Gasteiger partial charge in [-0.05, 0) is 0 Å². The molecule has 142 valence electrons. The van der Waals surface area contributed by atoms with Crippen LogP contribution in [0.1, 0.15) is 35.1 Å². The summed E-state index contributed by atoms with van der Waals surface area (Å²) in [6, 6.07) is 0. The molecular formula is C5H20B3F12KN-3. The van der Waals surface area contributed by atoms with Gasteiger partial charge in [0, 0.05) is 0 Å². The number of halogens is 12. The van der Waals surface area contributed by atoms with Gasteiger partial charge in [0.05, 0.1) is 0 Å². The molecule has 0 saturated carbocycles. The van der Waals surface area contributed by atoms with E-state index in [-0.39, 0.29) is 65.0 Å². The summed E-state index contributed by atoms with van der Waals surface area (Å²) in [5, 5.41) is 0. The van der Waals surface area contributed by atoms with Crippen LogP contribution in [0.5, 0.6) is 0 Å². The summed E-state index contributed by atoms with van der Waals surface area (Å²) in [6.07, 6.45) is 0. The first-order valence-electron chi connectivity index (χ1n) is 4.62. The van der Waals surface area contributed by atoms with Crippen molar-refractivity contribution in [2.45, 2.75) is 35.1 Å². The maximum absolute atomic E-state index is 9.75. The van der Waals surface area contributed by atoms with Gasteiger partial charge in [-0.2, -0.15) is 0 Å². The second-order valence-electron chi connectivity index (χ2n) is 1.48. The van der Waals surface area contributed by atoms with Crippen molar-refractivity contribution < 1.29 is 51.8 Å². The van der Waals surface area contributed by atoms with Gasteiger partial charge < -0.3 is 57.9 Å². The van der Waals surface area contributed by atoms with Crippen molar-refractivity contribution in [2.75, 3.05) is 0 Å². The monoisotopic (exact) mass is 394 g/mol. The molecule has 0 spiro atoms. The Morgan fingerprint density at radius 3 is 0.409 bits per heavy atom. The van der Waals surface area contributed by atoms with Crippen molar-refractivity contribution in [2.24, 2.45) is 0 Å². The van der Waals surface area contributed by atoms with Crippen molar-refractivity contribution >= 4 is 73.1 Å². The first-order valence-corrected chi connectivity index (χ1v) is 4.62. The van der Waals surface area contributed by atoms with Gasteiger partial charge in [-0.1, -0.05) is 35.1 Å². The Labute approximate surface area is 165 Å². The van der Waals surface area contributed by atoms with E-state index in [9.17, 15) is 51.8 Å². The third kappa shape index (κ3) is 9220. The molecule has 0 heterocycles. The van der Waals surface area contributed by atoms with Crippen LogP contribution in [0.25, 0.3) is 0 Å². The third-order valence-corrected chi connectivity index (χ3v) is 0. The summed E-state index contributed by atoms with van der Waals surface area (Å²) in [6.45, 7) is 8.00. The van der Waals surface area contributed by atoms with Gasteiger partial charge in [-0.15, -0.1) is 0 Å². The van der Waals surface area contributed by atoms with Gasteiger partial charge in [-0.3, -0.25) is 0 Å². The first-order chi connectivity index (χ1) is 8.00. The predicted molar refractivity (Wildman–Crippen MR) is 72.2 cm³/mol.